The van der Waals surface area contributed by atoms with Crippen molar-refractivity contribution in [2.75, 3.05) is 0 Å². The molecule has 4 aromatic rings. The van der Waals surface area contributed by atoms with Crippen molar-refractivity contribution in [2.24, 2.45) is 7.05 Å². The van der Waals surface area contributed by atoms with Crippen LogP contribution in [0.1, 0.15) is 58.6 Å². The molecular weight excluding hydrogens is 516 g/mol. The number of pyridine rings is 1. The zero-order valence-electron chi connectivity index (χ0n) is 24.5. The quantitative estimate of drug-likeness (QED) is 0.251. The van der Waals surface area contributed by atoms with Gasteiger partial charge in [0.2, 0.25) is 0 Å². The minimum Gasteiger partial charge on any atom is -0.490 e. The van der Waals surface area contributed by atoms with E-state index in [0.29, 0.717) is 18.6 Å². The molecule has 1 aliphatic carbocycles. The summed E-state index contributed by atoms with van der Waals surface area (Å²) >= 11 is 0. The number of aromatic nitrogens is 3. The predicted molar refractivity (Wildman–Crippen MR) is 158 cm³/mol. The zero-order valence-corrected chi connectivity index (χ0v) is 24.5. The Morgan fingerprint density at radius 1 is 0.829 bits per heavy atom. The van der Waals surface area contributed by atoms with E-state index >= 15 is 0 Å². The van der Waals surface area contributed by atoms with Crippen LogP contribution in [0.5, 0.6) is 17.2 Å². The highest BCUT2D eigenvalue weighted by Gasteiger charge is 2.34. The van der Waals surface area contributed by atoms with Gasteiger partial charge in [0.1, 0.15) is 29.5 Å². The van der Waals surface area contributed by atoms with Gasteiger partial charge >= 0.3 is 6.09 Å². The van der Waals surface area contributed by atoms with Gasteiger partial charge < -0.3 is 19.5 Å². The Kier molecular flexibility index (Phi) is 7.76. The summed E-state index contributed by atoms with van der Waals surface area (Å²) in [7, 11) is 1.88. The highest BCUT2D eigenvalue weighted by Crippen LogP contribution is 2.35. The van der Waals surface area contributed by atoms with Crippen molar-refractivity contribution in [1.29, 1.82) is 0 Å². The molecule has 214 valence electrons. The summed E-state index contributed by atoms with van der Waals surface area (Å²) in [6.45, 7) is 10.2. The van der Waals surface area contributed by atoms with Gasteiger partial charge in [-0.2, -0.15) is 5.10 Å². The van der Waals surface area contributed by atoms with Gasteiger partial charge in [-0.3, -0.25) is 9.67 Å². The number of aryl methyl sites for hydroxylation is 1. The Balaban J connectivity index is 1.13. The number of hydrogen-bond acceptors (Lipinski definition) is 6. The van der Waals surface area contributed by atoms with Crippen molar-refractivity contribution in [3.05, 3.63) is 90.4 Å². The van der Waals surface area contributed by atoms with Crippen LogP contribution >= 0.6 is 0 Å². The molecule has 0 unspecified atom stereocenters. The van der Waals surface area contributed by atoms with Crippen LogP contribution in [0.3, 0.4) is 0 Å². The van der Waals surface area contributed by atoms with Crippen LogP contribution in [0.25, 0.3) is 11.3 Å². The molecule has 2 aromatic carbocycles. The first-order chi connectivity index (χ1) is 19.4. The van der Waals surface area contributed by atoms with E-state index in [4.69, 9.17) is 14.2 Å². The molecular formula is C33H38N4O4. The third kappa shape index (κ3) is 7.06. The molecule has 2 aromatic heterocycles. The maximum atomic E-state index is 11.9. The smallest absolute Gasteiger partial charge is 0.407 e. The van der Waals surface area contributed by atoms with E-state index in [-0.39, 0.29) is 29.3 Å². The van der Waals surface area contributed by atoms with Gasteiger partial charge in [-0.15, -0.1) is 0 Å². The highest BCUT2D eigenvalue weighted by molar-refractivity contribution is 5.68. The molecule has 1 fully saturated rings. The van der Waals surface area contributed by atoms with E-state index in [0.717, 1.165) is 22.8 Å². The van der Waals surface area contributed by atoms with Gasteiger partial charge in [0.05, 0.1) is 18.1 Å². The largest absolute Gasteiger partial charge is 0.490 e. The van der Waals surface area contributed by atoms with Gasteiger partial charge in [0.25, 0.3) is 0 Å². The molecule has 1 amide bonds. The molecule has 0 atom stereocenters. The molecule has 0 radical (unpaired) electrons. The van der Waals surface area contributed by atoms with Gasteiger partial charge in [-0.1, -0.05) is 38.1 Å². The lowest BCUT2D eigenvalue weighted by Crippen LogP contribution is -2.46. The van der Waals surface area contributed by atoms with Crippen molar-refractivity contribution >= 4 is 6.09 Å². The molecule has 8 heteroatoms. The number of nitrogens with zero attached hydrogens (tertiary/aromatic N) is 3. The second-order valence-electron chi connectivity index (χ2n) is 12.2. The lowest BCUT2D eigenvalue weighted by Gasteiger charge is -2.35. The van der Waals surface area contributed by atoms with Crippen molar-refractivity contribution in [3.63, 3.8) is 0 Å². The second-order valence-corrected chi connectivity index (χ2v) is 12.2. The predicted octanol–water partition coefficient (Wildman–Crippen LogP) is 7.03. The second kappa shape index (κ2) is 11.3. The molecule has 2 heterocycles. The van der Waals surface area contributed by atoms with Crippen LogP contribution in [-0.4, -0.2) is 38.6 Å². The minimum absolute atomic E-state index is 0.0515. The molecule has 41 heavy (non-hydrogen) atoms. The van der Waals surface area contributed by atoms with E-state index in [2.05, 4.69) is 53.5 Å². The fraction of sp³-hybridized carbons (Fsp3) is 0.364. The van der Waals surface area contributed by atoms with Gasteiger partial charge in [0.15, 0.2) is 0 Å². The number of amides is 1. The Bertz CT molecular complexity index is 1460. The standard InChI is InChI=1S/C33H38N4O4/c1-32(2,3)36-31(38)41-29-17-28(18-29)40-26-13-9-24(10-14-26)33(4,5)23-7-11-25(12-8-23)39-27-15-16-30(34-20-27)22-19-35-37(6)21-22/h7-16,19-21,28-29H,17-18H2,1-6H3,(H,36,38). The average molecular weight is 555 g/mol. The third-order valence-corrected chi connectivity index (χ3v) is 7.23. The Morgan fingerprint density at radius 3 is 1.98 bits per heavy atom. The van der Waals surface area contributed by atoms with Crippen LogP contribution in [-0.2, 0) is 17.2 Å². The summed E-state index contributed by atoms with van der Waals surface area (Å²) in [5, 5.41) is 7.02. The first-order valence-corrected chi connectivity index (χ1v) is 13.9. The molecule has 0 saturated heterocycles. The van der Waals surface area contributed by atoms with Gasteiger partial charge in [-0.05, 0) is 68.3 Å². The van der Waals surface area contributed by atoms with E-state index in [1.54, 1.807) is 17.1 Å². The molecule has 0 spiro atoms. The van der Waals surface area contributed by atoms with E-state index < -0.39 is 0 Å². The van der Waals surface area contributed by atoms with Crippen molar-refractivity contribution in [2.45, 2.75) is 70.6 Å². The Morgan fingerprint density at radius 2 is 1.44 bits per heavy atom. The van der Waals surface area contributed by atoms with Crippen LogP contribution in [0.15, 0.2) is 79.3 Å². The van der Waals surface area contributed by atoms with Crippen molar-refractivity contribution < 1.29 is 19.0 Å². The summed E-state index contributed by atoms with van der Waals surface area (Å²) in [5.74, 6) is 2.25. The summed E-state index contributed by atoms with van der Waals surface area (Å²) in [5.41, 5.74) is 3.66. The summed E-state index contributed by atoms with van der Waals surface area (Å²) < 4.78 is 19.4. The average Bonchev–Trinajstić information content (AvgIpc) is 3.33. The molecule has 8 nitrogen and oxygen atoms in total. The normalized spacial score (nSPS) is 16.9. The zero-order chi connectivity index (χ0) is 29.2. The van der Waals surface area contributed by atoms with Crippen molar-refractivity contribution in [1.82, 2.24) is 20.1 Å². The maximum absolute atomic E-state index is 11.9. The van der Waals surface area contributed by atoms with E-state index in [1.165, 1.54) is 11.1 Å². The van der Waals surface area contributed by atoms with E-state index in [9.17, 15) is 4.79 Å². The first kappa shape index (κ1) is 28.2. The SMILES string of the molecule is Cn1cc(-c2ccc(Oc3ccc(C(C)(C)c4ccc(OC5CC(OC(=O)NC(C)(C)C)C5)cc4)cc3)cn2)cn1. The number of rotatable bonds is 8. The van der Waals surface area contributed by atoms with Crippen LogP contribution in [0.4, 0.5) is 4.79 Å². The van der Waals surface area contributed by atoms with Crippen molar-refractivity contribution in [3.8, 4) is 28.5 Å². The third-order valence-electron chi connectivity index (χ3n) is 7.23. The first-order valence-electron chi connectivity index (χ1n) is 13.9. The monoisotopic (exact) mass is 554 g/mol. The van der Waals surface area contributed by atoms with Crippen LogP contribution in [0, 0.1) is 0 Å². The number of nitrogens with one attached hydrogen (secondary N) is 1. The molecule has 1 aliphatic rings. The Labute approximate surface area is 241 Å². The number of hydrogen-bond donors (Lipinski definition) is 1. The molecule has 0 bridgehead atoms. The fourth-order valence-electron chi connectivity index (χ4n) is 4.75. The number of carbonyl (C=O) groups is 1. The minimum atomic E-state index is -0.375. The molecule has 1 saturated carbocycles. The fourth-order valence-corrected chi connectivity index (χ4v) is 4.75. The highest BCUT2D eigenvalue weighted by atomic mass is 16.6. The molecule has 1 N–H and O–H groups in total. The summed E-state index contributed by atoms with van der Waals surface area (Å²) in [6.07, 6.45) is 6.42. The number of benzene rings is 2. The summed E-state index contributed by atoms with van der Waals surface area (Å²) in [6, 6.07) is 20.3. The van der Waals surface area contributed by atoms with Gasteiger partial charge in [-0.25, -0.2) is 4.79 Å². The lowest BCUT2D eigenvalue weighted by molar-refractivity contribution is -0.0243. The maximum Gasteiger partial charge on any atom is 0.407 e. The van der Waals surface area contributed by atoms with E-state index in [1.807, 2.05) is 70.4 Å². The van der Waals surface area contributed by atoms with Crippen LogP contribution < -0.4 is 14.8 Å². The number of ether oxygens (including phenoxy) is 3. The lowest BCUT2D eigenvalue weighted by atomic mass is 9.78. The Hall–Kier alpha value is -4.33. The van der Waals surface area contributed by atoms with Crippen LogP contribution in [0.2, 0.25) is 0 Å². The van der Waals surface area contributed by atoms with Gasteiger partial charge in [0, 0.05) is 42.6 Å². The number of alkyl carbamates (subject to hydrolysis) is 1. The summed E-state index contributed by atoms with van der Waals surface area (Å²) in [4.78, 5) is 16.5. The number of carbonyl (C=O) groups excluding carboxylic acids is 1. The topological polar surface area (TPSA) is 87.5 Å². The molecule has 5 rings (SSSR count). The molecule has 0 aliphatic heterocycles.